The molecule has 1 aliphatic heterocycles. The van der Waals surface area contributed by atoms with Gasteiger partial charge in [-0.1, -0.05) is 11.8 Å². The minimum absolute atomic E-state index is 0.0217. The number of nitrogens with one attached hydrogen (secondary N) is 1. The molecule has 3 N–H and O–H groups in total. The second-order valence-corrected chi connectivity index (χ2v) is 5.33. The Balaban J connectivity index is 2.11. The summed E-state index contributed by atoms with van der Waals surface area (Å²) in [6, 6.07) is 1.72. The maximum Gasteiger partial charge on any atom is 0.305 e. The number of aromatic hydroxyl groups is 1. The largest absolute Gasteiger partial charge is 0.505 e. The van der Waals surface area contributed by atoms with Crippen molar-refractivity contribution in [2.45, 2.75) is 11.7 Å². The number of amides is 1. The highest BCUT2D eigenvalue weighted by molar-refractivity contribution is 8.15. The van der Waals surface area contributed by atoms with E-state index in [-0.39, 0.29) is 11.6 Å². The molecule has 1 aliphatic rings. The van der Waals surface area contributed by atoms with E-state index in [1.165, 1.54) is 0 Å². The third-order valence-corrected chi connectivity index (χ3v) is 3.65. The zero-order valence-corrected chi connectivity index (χ0v) is 11.6. The summed E-state index contributed by atoms with van der Waals surface area (Å²) >= 11 is 0.852. The van der Waals surface area contributed by atoms with Crippen molar-refractivity contribution < 1.29 is 28.6 Å². The first kappa shape index (κ1) is 15.9. The smallest absolute Gasteiger partial charge is 0.305 e. The number of carboxylic acid groups (broad SMARTS) is 1. The van der Waals surface area contributed by atoms with Gasteiger partial charge in [-0.15, -0.1) is 5.10 Å². The second kappa shape index (κ2) is 6.52. The molecule has 1 fully saturated rings. The van der Waals surface area contributed by atoms with E-state index in [9.17, 15) is 18.4 Å². The Kier molecular flexibility index (Phi) is 4.71. The van der Waals surface area contributed by atoms with Crippen LogP contribution in [0, 0.1) is 11.6 Å². The first-order valence-corrected chi connectivity index (χ1v) is 6.73. The maximum absolute atomic E-state index is 13.5. The van der Waals surface area contributed by atoms with E-state index >= 15 is 0 Å². The average Bonchev–Trinajstić information content (AvgIpc) is 2.78. The van der Waals surface area contributed by atoms with E-state index in [0.29, 0.717) is 0 Å². The van der Waals surface area contributed by atoms with E-state index in [1.807, 2.05) is 0 Å². The lowest BCUT2D eigenvalue weighted by Crippen LogP contribution is -2.26. The Bertz CT molecular complexity index is 693. The van der Waals surface area contributed by atoms with Crippen molar-refractivity contribution in [3.05, 3.63) is 29.3 Å². The van der Waals surface area contributed by atoms with Crippen LogP contribution in [0.5, 0.6) is 5.75 Å². The lowest BCUT2D eigenvalue weighted by molar-refractivity contribution is -0.138. The van der Waals surface area contributed by atoms with Gasteiger partial charge in [-0.05, 0) is 12.1 Å². The Morgan fingerprint density at radius 2 is 2.18 bits per heavy atom. The number of nitrogens with zero attached hydrogens (tertiary/aromatic N) is 2. The van der Waals surface area contributed by atoms with Gasteiger partial charge in [0, 0.05) is 0 Å². The molecule has 1 heterocycles. The summed E-state index contributed by atoms with van der Waals surface area (Å²) in [7, 11) is 0. The number of rotatable bonds is 4. The molecule has 7 nitrogen and oxygen atoms in total. The van der Waals surface area contributed by atoms with Gasteiger partial charge in [0.05, 0.1) is 18.2 Å². The third kappa shape index (κ3) is 3.58. The van der Waals surface area contributed by atoms with Gasteiger partial charge >= 0.3 is 5.97 Å². The summed E-state index contributed by atoms with van der Waals surface area (Å²) in [6.45, 7) is 0. The monoisotopic (exact) mass is 329 g/mol. The van der Waals surface area contributed by atoms with Gasteiger partial charge in [0.1, 0.15) is 11.1 Å². The number of benzene rings is 1. The lowest BCUT2D eigenvalue weighted by Gasteiger charge is -2.00. The molecule has 2 rings (SSSR count). The van der Waals surface area contributed by atoms with Gasteiger partial charge in [-0.3, -0.25) is 9.59 Å². The molecule has 0 bridgehead atoms. The van der Waals surface area contributed by atoms with Crippen molar-refractivity contribution in [2.24, 2.45) is 10.2 Å². The number of aliphatic carboxylic acids is 1. The molecule has 10 heteroatoms. The highest BCUT2D eigenvalue weighted by Gasteiger charge is 2.32. The quantitative estimate of drug-likeness (QED) is 0.565. The molecule has 1 aromatic carbocycles. The van der Waals surface area contributed by atoms with Crippen LogP contribution in [0.2, 0.25) is 0 Å². The fraction of sp³-hybridized carbons (Fsp3) is 0.167. The number of hydrogen-bond donors (Lipinski definition) is 3. The molecule has 1 unspecified atom stereocenters. The van der Waals surface area contributed by atoms with Crippen molar-refractivity contribution in [3.8, 4) is 5.75 Å². The zero-order chi connectivity index (χ0) is 16.3. The standard InChI is InChI=1S/C12H9F2N3O4S/c13-6-1-2-7(18)10(14)5(6)4-15-17-12-16-11(21)8(22-12)3-9(19)20/h1-2,4,8,18H,3H2,(H,19,20)(H,16,17,21). The Hall–Kier alpha value is -2.49. The van der Waals surface area contributed by atoms with Crippen LogP contribution in [0.15, 0.2) is 22.3 Å². The molecule has 0 radical (unpaired) electrons. The molecule has 1 aromatic rings. The number of hydrogen-bond acceptors (Lipinski definition) is 6. The summed E-state index contributed by atoms with van der Waals surface area (Å²) in [5.74, 6) is -4.53. The van der Waals surface area contributed by atoms with Crippen LogP contribution in [0.3, 0.4) is 0 Å². The van der Waals surface area contributed by atoms with E-state index in [0.717, 1.165) is 30.1 Å². The molecule has 116 valence electrons. The number of carbonyl (C=O) groups is 2. The summed E-state index contributed by atoms with van der Waals surface area (Å²) in [6.07, 6.45) is 0.365. The van der Waals surface area contributed by atoms with Gasteiger partial charge < -0.3 is 15.5 Å². The Morgan fingerprint density at radius 3 is 2.86 bits per heavy atom. The molecule has 1 amide bonds. The van der Waals surface area contributed by atoms with Gasteiger partial charge in [-0.25, -0.2) is 8.78 Å². The first-order chi connectivity index (χ1) is 10.4. The minimum Gasteiger partial charge on any atom is -0.505 e. The molecular formula is C12H9F2N3O4S. The van der Waals surface area contributed by atoms with Crippen molar-refractivity contribution in [1.29, 1.82) is 0 Å². The Labute approximate surface area is 126 Å². The summed E-state index contributed by atoms with van der Waals surface area (Å²) < 4.78 is 26.8. The number of phenolic OH excluding ortho intramolecular Hbond substituents is 1. The predicted octanol–water partition coefficient (Wildman–Crippen LogP) is 1.07. The number of phenols is 1. The van der Waals surface area contributed by atoms with E-state index in [4.69, 9.17) is 10.2 Å². The van der Waals surface area contributed by atoms with E-state index < -0.39 is 40.1 Å². The van der Waals surface area contributed by atoms with Crippen LogP contribution in [-0.4, -0.2) is 38.7 Å². The van der Waals surface area contributed by atoms with Gasteiger partial charge in [0.25, 0.3) is 0 Å². The molecule has 0 spiro atoms. The highest BCUT2D eigenvalue weighted by Crippen LogP contribution is 2.23. The van der Waals surface area contributed by atoms with Crippen molar-refractivity contribution >= 4 is 35.0 Å². The topological polar surface area (TPSA) is 111 Å². The van der Waals surface area contributed by atoms with E-state index in [2.05, 4.69) is 15.5 Å². The summed E-state index contributed by atoms with van der Waals surface area (Å²) in [5, 5.41) is 26.2. The molecule has 0 saturated carbocycles. The number of thioether (sulfide) groups is 1. The van der Waals surface area contributed by atoms with Gasteiger partial charge in [-0.2, -0.15) is 5.10 Å². The molecular weight excluding hydrogens is 320 g/mol. The van der Waals surface area contributed by atoms with Gasteiger partial charge in [0.15, 0.2) is 16.7 Å². The maximum atomic E-state index is 13.5. The number of carboxylic acids is 1. The van der Waals surface area contributed by atoms with Crippen LogP contribution in [0.25, 0.3) is 0 Å². The minimum atomic E-state index is -1.18. The number of amidine groups is 1. The molecule has 1 atom stereocenters. The predicted molar refractivity (Wildman–Crippen MR) is 74.8 cm³/mol. The normalized spacial score (nSPS) is 19.8. The van der Waals surface area contributed by atoms with Gasteiger partial charge in [0.2, 0.25) is 5.91 Å². The average molecular weight is 329 g/mol. The second-order valence-electron chi connectivity index (χ2n) is 4.14. The molecule has 0 aromatic heterocycles. The summed E-state index contributed by atoms with van der Waals surface area (Å²) in [5.41, 5.74) is -0.583. The fourth-order valence-electron chi connectivity index (χ4n) is 1.56. The van der Waals surface area contributed by atoms with Crippen molar-refractivity contribution in [3.63, 3.8) is 0 Å². The van der Waals surface area contributed by atoms with Crippen LogP contribution >= 0.6 is 11.8 Å². The highest BCUT2D eigenvalue weighted by atomic mass is 32.2. The summed E-state index contributed by atoms with van der Waals surface area (Å²) in [4.78, 5) is 22.0. The van der Waals surface area contributed by atoms with Crippen LogP contribution < -0.4 is 5.32 Å². The Morgan fingerprint density at radius 1 is 1.45 bits per heavy atom. The third-order valence-electron chi connectivity index (χ3n) is 2.58. The molecule has 0 aliphatic carbocycles. The van der Waals surface area contributed by atoms with Crippen molar-refractivity contribution in [2.75, 3.05) is 0 Å². The fourth-order valence-corrected chi connectivity index (χ4v) is 2.48. The lowest BCUT2D eigenvalue weighted by atomic mass is 10.2. The first-order valence-electron chi connectivity index (χ1n) is 5.85. The van der Waals surface area contributed by atoms with Crippen LogP contribution in [0.4, 0.5) is 8.78 Å². The van der Waals surface area contributed by atoms with E-state index in [1.54, 1.807) is 0 Å². The number of carbonyl (C=O) groups excluding carboxylic acids is 1. The SMILES string of the molecule is O=C(O)CC1SC(=NN=Cc2c(F)ccc(O)c2F)NC1=O. The van der Waals surface area contributed by atoms with Crippen molar-refractivity contribution in [1.82, 2.24) is 5.32 Å². The van der Waals surface area contributed by atoms with Crippen LogP contribution in [0.1, 0.15) is 12.0 Å². The van der Waals surface area contributed by atoms with Crippen LogP contribution in [-0.2, 0) is 9.59 Å². The molecule has 22 heavy (non-hydrogen) atoms. The number of halogens is 2. The zero-order valence-electron chi connectivity index (χ0n) is 10.8. The molecule has 1 saturated heterocycles.